The maximum absolute atomic E-state index is 6.93. The molecule has 0 N–H and O–H groups in total. The van der Waals surface area contributed by atoms with Gasteiger partial charge in [-0.15, -0.1) is 0 Å². The van der Waals surface area contributed by atoms with Crippen LogP contribution in [0, 0.1) is 0 Å². The average molecular weight is 972 g/mol. The second kappa shape index (κ2) is 16.6. The molecule has 0 bridgehead atoms. The lowest BCUT2D eigenvalue weighted by Gasteiger charge is -2.14. The van der Waals surface area contributed by atoms with Crippen molar-refractivity contribution in [3.8, 4) is 67.8 Å². The van der Waals surface area contributed by atoms with Gasteiger partial charge in [0.25, 0.3) is 0 Å². The van der Waals surface area contributed by atoms with Gasteiger partial charge in [-0.1, -0.05) is 170 Å². The molecule has 0 aliphatic heterocycles. The highest BCUT2D eigenvalue weighted by Gasteiger charge is 2.23. The van der Waals surface area contributed by atoms with Crippen LogP contribution in [0.4, 0.5) is 0 Å². The minimum absolute atomic E-state index is 0.571. The van der Waals surface area contributed by atoms with E-state index in [0.717, 1.165) is 127 Å². The van der Waals surface area contributed by atoms with Crippen LogP contribution in [0.25, 0.3) is 155 Å². The molecule has 7 nitrogen and oxygen atoms in total. The number of rotatable bonds is 7. The van der Waals surface area contributed by atoms with Crippen LogP contribution in [0.5, 0.6) is 0 Å². The number of benzene rings is 11. The third kappa shape index (κ3) is 6.46. The number of nitrogens with zero attached hydrogens (tertiary/aromatic N) is 5. The number of para-hydroxylation sites is 4. The molecule has 0 amide bonds. The maximum atomic E-state index is 6.93. The first-order chi connectivity index (χ1) is 37.7. The molecule has 5 aromatic heterocycles. The van der Waals surface area contributed by atoms with Crippen LogP contribution in [0.15, 0.2) is 258 Å². The van der Waals surface area contributed by atoms with Crippen molar-refractivity contribution < 1.29 is 8.83 Å². The lowest BCUT2D eigenvalue weighted by Crippen LogP contribution is -2.01. The fourth-order valence-electron chi connectivity index (χ4n) is 11.7. The van der Waals surface area contributed by atoms with Crippen molar-refractivity contribution >= 4 is 87.5 Å². The molecule has 0 saturated carbocycles. The molecule has 0 unspecified atom stereocenters. The summed E-state index contributed by atoms with van der Waals surface area (Å²) >= 11 is 0. The van der Waals surface area contributed by atoms with E-state index in [4.69, 9.17) is 23.8 Å². The molecule has 16 rings (SSSR count). The Balaban J connectivity index is 0.912. The second-order valence-corrected chi connectivity index (χ2v) is 19.5. The Bertz CT molecular complexity index is 4920. The number of fused-ring (bicyclic) bond motifs is 14. The predicted molar refractivity (Wildman–Crippen MR) is 310 cm³/mol. The zero-order valence-electron chi connectivity index (χ0n) is 40.7. The van der Waals surface area contributed by atoms with E-state index in [-0.39, 0.29) is 0 Å². The van der Waals surface area contributed by atoms with E-state index in [9.17, 15) is 0 Å². The summed E-state index contributed by atoms with van der Waals surface area (Å²) in [6.07, 6.45) is 0. The number of hydrogen-bond donors (Lipinski definition) is 0. The zero-order valence-corrected chi connectivity index (χ0v) is 40.7. The van der Waals surface area contributed by atoms with Crippen LogP contribution in [-0.2, 0) is 0 Å². The van der Waals surface area contributed by atoms with Crippen molar-refractivity contribution in [3.63, 3.8) is 0 Å². The SMILES string of the molecule is c1ccc(-c2nc(-c3ccccc3)nc(-c3cc(-c4ccc5oc6c(ccc7c8ccccc8n(-c8ccccc8)c76)c5c4)ccc3-c3ccc4oc5c(ccc6c7ccccc7n(-c7ccccc7)c65)c4c3)n2)cc1. The van der Waals surface area contributed by atoms with E-state index >= 15 is 0 Å². The second-order valence-electron chi connectivity index (χ2n) is 19.5. The number of hydrogen-bond acceptors (Lipinski definition) is 5. The summed E-state index contributed by atoms with van der Waals surface area (Å²) in [4.78, 5) is 15.7. The normalized spacial score (nSPS) is 11.9. The number of aromatic nitrogens is 5. The van der Waals surface area contributed by atoms with E-state index in [2.05, 4.69) is 221 Å². The molecule has 0 fully saturated rings. The van der Waals surface area contributed by atoms with Crippen LogP contribution >= 0.6 is 0 Å². The van der Waals surface area contributed by atoms with Gasteiger partial charge in [0, 0.05) is 71.2 Å². The molecule has 0 atom stereocenters. The summed E-state index contributed by atoms with van der Waals surface area (Å²) in [5.41, 5.74) is 16.6. The van der Waals surface area contributed by atoms with Crippen molar-refractivity contribution in [2.24, 2.45) is 0 Å². The topological polar surface area (TPSA) is 74.8 Å². The summed E-state index contributed by atoms with van der Waals surface area (Å²) in [5.74, 6) is 1.77. The third-order valence-electron chi connectivity index (χ3n) is 15.2. The first kappa shape index (κ1) is 42.2. The smallest absolute Gasteiger partial charge is 0.164 e. The molecule has 0 spiro atoms. The Hall–Kier alpha value is -10.4. The molecule has 0 radical (unpaired) electrons. The van der Waals surface area contributed by atoms with Crippen LogP contribution in [-0.4, -0.2) is 24.1 Å². The van der Waals surface area contributed by atoms with Gasteiger partial charge in [-0.2, -0.15) is 0 Å². The minimum Gasteiger partial charge on any atom is -0.454 e. The van der Waals surface area contributed by atoms with Gasteiger partial charge < -0.3 is 18.0 Å². The summed E-state index contributed by atoms with van der Waals surface area (Å²) in [5, 5.41) is 8.83. The van der Waals surface area contributed by atoms with Gasteiger partial charge in [-0.25, -0.2) is 15.0 Å². The molecule has 7 heteroatoms. The number of furan rings is 2. The van der Waals surface area contributed by atoms with Crippen LogP contribution in [0.1, 0.15) is 0 Å². The van der Waals surface area contributed by atoms with Gasteiger partial charge in [0.1, 0.15) is 11.2 Å². The van der Waals surface area contributed by atoms with Gasteiger partial charge in [0.05, 0.1) is 22.1 Å². The lowest BCUT2D eigenvalue weighted by atomic mass is 9.93. The molecule has 0 aliphatic rings. The summed E-state index contributed by atoms with van der Waals surface area (Å²) in [7, 11) is 0. The molecular weight excluding hydrogens is 931 g/mol. The Morgan fingerprint density at radius 3 is 1.20 bits per heavy atom. The summed E-state index contributed by atoms with van der Waals surface area (Å²) in [6.45, 7) is 0. The van der Waals surface area contributed by atoms with Gasteiger partial charge in [0.2, 0.25) is 0 Å². The molecule has 11 aromatic carbocycles. The molecule has 76 heavy (non-hydrogen) atoms. The summed E-state index contributed by atoms with van der Waals surface area (Å²) < 4.78 is 18.5. The maximum Gasteiger partial charge on any atom is 0.164 e. The Kier molecular flexibility index (Phi) is 9.20. The van der Waals surface area contributed by atoms with Crippen LogP contribution in [0.2, 0.25) is 0 Å². The van der Waals surface area contributed by atoms with E-state index in [1.165, 1.54) is 10.8 Å². The van der Waals surface area contributed by atoms with Gasteiger partial charge >= 0.3 is 0 Å². The van der Waals surface area contributed by atoms with E-state index < -0.39 is 0 Å². The molecule has 0 aliphatic carbocycles. The molecule has 354 valence electrons. The Morgan fingerprint density at radius 2 is 0.671 bits per heavy atom. The highest BCUT2D eigenvalue weighted by Crippen LogP contribution is 2.45. The van der Waals surface area contributed by atoms with Crippen molar-refractivity contribution in [2.75, 3.05) is 0 Å². The highest BCUT2D eigenvalue weighted by atomic mass is 16.3. The Morgan fingerprint density at radius 1 is 0.263 bits per heavy atom. The van der Waals surface area contributed by atoms with Crippen LogP contribution < -0.4 is 0 Å². The molecule has 16 aromatic rings. The fraction of sp³-hybridized carbons (Fsp3) is 0. The molecule has 5 heterocycles. The van der Waals surface area contributed by atoms with E-state index in [0.29, 0.717) is 17.5 Å². The minimum atomic E-state index is 0.571. The quantitative estimate of drug-likeness (QED) is 0.159. The first-order valence-corrected chi connectivity index (χ1v) is 25.6. The largest absolute Gasteiger partial charge is 0.454 e. The molecular formula is C69H41N5O2. The predicted octanol–water partition coefficient (Wildman–Crippen LogP) is 18.2. The van der Waals surface area contributed by atoms with Gasteiger partial charge in [-0.3, -0.25) is 0 Å². The van der Waals surface area contributed by atoms with Gasteiger partial charge in [0.15, 0.2) is 28.6 Å². The Labute approximate surface area is 434 Å². The van der Waals surface area contributed by atoms with Crippen molar-refractivity contribution in [2.45, 2.75) is 0 Å². The van der Waals surface area contributed by atoms with Crippen molar-refractivity contribution in [1.29, 1.82) is 0 Å². The summed E-state index contributed by atoms with van der Waals surface area (Å²) in [6, 6.07) is 87.2. The van der Waals surface area contributed by atoms with Gasteiger partial charge in [-0.05, 0) is 101 Å². The zero-order chi connectivity index (χ0) is 49.8. The van der Waals surface area contributed by atoms with Crippen LogP contribution in [0.3, 0.4) is 0 Å². The van der Waals surface area contributed by atoms with E-state index in [1.54, 1.807) is 0 Å². The lowest BCUT2D eigenvalue weighted by molar-refractivity contribution is 0.671. The van der Waals surface area contributed by atoms with E-state index in [1.807, 2.05) is 36.4 Å². The average Bonchev–Trinajstić information content (AvgIpc) is 4.45. The highest BCUT2D eigenvalue weighted by molar-refractivity contribution is 6.23. The fourth-order valence-corrected chi connectivity index (χ4v) is 11.7. The standard InChI is InChI=1S/C69H41N5O2/c1-5-17-42(18-6-1)67-70-68(43-19-7-2-8-20-43)72-69(71-67)58-40-44(45-30-37-61-56(39-45)54-35-33-52-50-25-13-15-27-59(50)73(63(52)65(54)75-61)47-21-9-3-10-22-47)29-32-49(58)46-31-38-62-57(41-46)55-36-34-53-51-26-14-16-28-60(51)74(64(53)66(55)76-62)48-23-11-4-12-24-48/h1-41H. The van der Waals surface area contributed by atoms with Crippen molar-refractivity contribution in [3.05, 3.63) is 249 Å². The molecule has 0 saturated heterocycles. The third-order valence-corrected chi connectivity index (χ3v) is 15.2. The van der Waals surface area contributed by atoms with Crippen molar-refractivity contribution in [1.82, 2.24) is 24.1 Å². The first-order valence-electron chi connectivity index (χ1n) is 25.6. The monoisotopic (exact) mass is 971 g/mol.